The smallest absolute Gasteiger partial charge is 0.252 e. The lowest BCUT2D eigenvalue weighted by Gasteiger charge is -2.22. The molecule has 0 atom stereocenters. The number of carbonyl (C=O) groups excluding carboxylic acids is 2. The van der Waals surface area contributed by atoms with Gasteiger partial charge < -0.3 is 5.32 Å². The third kappa shape index (κ3) is 2.54. The second-order valence-electron chi connectivity index (χ2n) is 5.16. The summed E-state index contributed by atoms with van der Waals surface area (Å²) in [7, 11) is 0. The molecule has 1 heterocycles. The first-order valence-corrected chi connectivity index (χ1v) is 6.90. The van der Waals surface area contributed by atoms with Gasteiger partial charge in [0.05, 0.1) is 11.1 Å². The first-order chi connectivity index (χ1) is 9.74. The molecule has 1 aromatic carbocycles. The van der Waals surface area contributed by atoms with E-state index in [4.69, 9.17) is 0 Å². The number of ketones is 1. The van der Waals surface area contributed by atoms with E-state index in [0.717, 1.165) is 23.7 Å². The molecule has 1 fully saturated rings. The third-order valence-corrected chi connectivity index (χ3v) is 3.77. The number of Topliss-reactive ketones (excluding diaryl/α,β-unsaturated/α-hetero) is 1. The van der Waals surface area contributed by atoms with Crippen LogP contribution in [0.5, 0.6) is 0 Å². The monoisotopic (exact) mass is 268 g/mol. The van der Waals surface area contributed by atoms with Gasteiger partial charge in [0.2, 0.25) is 0 Å². The number of aromatic nitrogens is 1. The fourth-order valence-electron chi connectivity index (χ4n) is 2.64. The number of amides is 1. The van der Waals surface area contributed by atoms with E-state index < -0.39 is 0 Å². The average Bonchev–Trinajstić information content (AvgIpc) is 2.49. The number of nitrogens with one attached hydrogen (secondary N) is 1. The number of fused-ring (bicyclic) bond motifs is 1. The van der Waals surface area contributed by atoms with Crippen molar-refractivity contribution >= 4 is 22.6 Å². The van der Waals surface area contributed by atoms with E-state index in [-0.39, 0.29) is 11.9 Å². The largest absolute Gasteiger partial charge is 0.349 e. The van der Waals surface area contributed by atoms with E-state index in [1.54, 1.807) is 12.3 Å². The first kappa shape index (κ1) is 12.8. The average molecular weight is 268 g/mol. The van der Waals surface area contributed by atoms with Crippen LogP contribution in [0.4, 0.5) is 0 Å². The molecule has 1 aliphatic carbocycles. The predicted octanol–water partition coefficient (Wildman–Crippen LogP) is 2.48. The Morgan fingerprint density at radius 1 is 1.15 bits per heavy atom. The van der Waals surface area contributed by atoms with Crippen molar-refractivity contribution in [2.24, 2.45) is 0 Å². The van der Waals surface area contributed by atoms with Crippen LogP contribution in [0.15, 0.2) is 36.5 Å². The summed E-state index contributed by atoms with van der Waals surface area (Å²) in [4.78, 5) is 27.9. The van der Waals surface area contributed by atoms with Crippen LogP contribution < -0.4 is 5.32 Å². The normalized spacial score (nSPS) is 16.3. The Balaban J connectivity index is 1.80. The molecule has 3 rings (SSSR count). The maximum atomic E-state index is 12.4. The molecule has 0 bridgehead atoms. The Hall–Kier alpha value is -2.23. The van der Waals surface area contributed by atoms with Crippen LogP contribution in [0.1, 0.15) is 36.0 Å². The molecular weight excluding hydrogens is 252 g/mol. The van der Waals surface area contributed by atoms with Gasteiger partial charge in [-0.15, -0.1) is 0 Å². The van der Waals surface area contributed by atoms with Crippen LogP contribution >= 0.6 is 0 Å². The Labute approximate surface area is 117 Å². The maximum Gasteiger partial charge on any atom is 0.252 e. The Bertz CT molecular complexity index is 651. The Morgan fingerprint density at radius 3 is 2.70 bits per heavy atom. The van der Waals surface area contributed by atoms with Gasteiger partial charge in [-0.25, -0.2) is 0 Å². The van der Waals surface area contributed by atoms with Gasteiger partial charge in [0.25, 0.3) is 5.91 Å². The second-order valence-corrected chi connectivity index (χ2v) is 5.16. The number of rotatable bonds is 2. The summed E-state index contributed by atoms with van der Waals surface area (Å²) >= 11 is 0. The number of hydrogen-bond donors (Lipinski definition) is 1. The lowest BCUT2D eigenvalue weighted by Crippen LogP contribution is -2.37. The van der Waals surface area contributed by atoms with Gasteiger partial charge in [0, 0.05) is 30.5 Å². The minimum Gasteiger partial charge on any atom is -0.349 e. The van der Waals surface area contributed by atoms with E-state index in [1.165, 1.54) is 0 Å². The van der Waals surface area contributed by atoms with Crippen molar-refractivity contribution in [3.05, 3.63) is 42.1 Å². The summed E-state index contributed by atoms with van der Waals surface area (Å²) in [6.07, 6.45) is 4.28. The molecule has 0 radical (unpaired) electrons. The topological polar surface area (TPSA) is 59.1 Å². The maximum absolute atomic E-state index is 12.4. The van der Waals surface area contributed by atoms with Gasteiger partial charge in [-0.05, 0) is 25.0 Å². The molecule has 2 aromatic rings. The molecule has 20 heavy (non-hydrogen) atoms. The molecule has 0 unspecified atom stereocenters. The zero-order valence-electron chi connectivity index (χ0n) is 11.1. The molecule has 4 heteroatoms. The van der Waals surface area contributed by atoms with Crippen molar-refractivity contribution in [2.45, 2.75) is 31.7 Å². The van der Waals surface area contributed by atoms with Gasteiger partial charge in [-0.3, -0.25) is 14.6 Å². The van der Waals surface area contributed by atoms with Gasteiger partial charge in [0.15, 0.2) is 0 Å². The number of pyridine rings is 1. The van der Waals surface area contributed by atoms with Gasteiger partial charge in [-0.1, -0.05) is 18.2 Å². The molecule has 1 amide bonds. The number of hydrogen-bond acceptors (Lipinski definition) is 3. The summed E-state index contributed by atoms with van der Waals surface area (Å²) in [5, 5.41) is 3.89. The van der Waals surface area contributed by atoms with E-state index in [9.17, 15) is 9.59 Å². The number of nitrogens with zero attached hydrogens (tertiary/aromatic N) is 1. The molecule has 1 aromatic heterocycles. The summed E-state index contributed by atoms with van der Waals surface area (Å²) in [6, 6.07) is 9.45. The van der Waals surface area contributed by atoms with Crippen molar-refractivity contribution in [3.63, 3.8) is 0 Å². The van der Waals surface area contributed by atoms with Crippen LogP contribution in [0.2, 0.25) is 0 Å². The number of carbonyl (C=O) groups is 2. The van der Waals surface area contributed by atoms with Crippen molar-refractivity contribution in [2.75, 3.05) is 0 Å². The molecule has 1 saturated carbocycles. The molecule has 1 aliphatic rings. The van der Waals surface area contributed by atoms with E-state index in [2.05, 4.69) is 10.3 Å². The van der Waals surface area contributed by atoms with Gasteiger partial charge in [0.1, 0.15) is 5.78 Å². The zero-order valence-corrected chi connectivity index (χ0v) is 11.1. The lowest BCUT2D eigenvalue weighted by molar-refractivity contribution is -0.120. The van der Waals surface area contributed by atoms with Gasteiger partial charge >= 0.3 is 0 Å². The molecule has 4 nitrogen and oxygen atoms in total. The third-order valence-electron chi connectivity index (χ3n) is 3.77. The molecular formula is C16H16N2O2. The summed E-state index contributed by atoms with van der Waals surface area (Å²) < 4.78 is 0. The highest BCUT2D eigenvalue weighted by molar-refractivity contribution is 6.06. The van der Waals surface area contributed by atoms with Crippen molar-refractivity contribution in [3.8, 4) is 0 Å². The van der Waals surface area contributed by atoms with E-state index in [0.29, 0.717) is 24.2 Å². The fourth-order valence-corrected chi connectivity index (χ4v) is 2.64. The minimum atomic E-state index is -0.0806. The lowest BCUT2D eigenvalue weighted by atomic mass is 9.94. The molecule has 102 valence electrons. The zero-order chi connectivity index (χ0) is 13.9. The SMILES string of the molecule is O=C1CCC(NC(=O)c2ccnc3ccccc23)CC1. The molecule has 0 aliphatic heterocycles. The summed E-state index contributed by atoms with van der Waals surface area (Å²) in [6.45, 7) is 0. The standard InChI is InChI=1S/C16H16N2O2/c19-12-7-5-11(6-8-12)18-16(20)14-9-10-17-15-4-2-1-3-13(14)15/h1-4,9-11H,5-8H2,(H,18,20). The van der Waals surface area contributed by atoms with Crippen molar-refractivity contribution in [1.29, 1.82) is 0 Å². The van der Waals surface area contributed by atoms with Crippen LogP contribution in [0.25, 0.3) is 10.9 Å². The van der Waals surface area contributed by atoms with Crippen molar-refractivity contribution < 1.29 is 9.59 Å². The number of benzene rings is 1. The fraction of sp³-hybridized carbons (Fsp3) is 0.312. The van der Waals surface area contributed by atoms with Crippen LogP contribution in [-0.4, -0.2) is 22.7 Å². The molecule has 0 saturated heterocycles. The van der Waals surface area contributed by atoms with Crippen LogP contribution in [0.3, 0.4) is 0 Å². The molecule has 0 spiro atoms. The minimum absolute atomic E-state index is 0.0806. The highest BCUT2D eigenvalue weighted by Crippen LogP contribution is 2.18. The van der Waals surface area contributed by atoms with Crippen LogP contribution in [0, 0.1) is 0 Å². The highest BCUT2D eigenvalue weighted by atomic mass is 16.1. The summed E-state index contributed by atoms with van der Waals surface area (Å²) in [5.41, 5.74) is 1.46. The van der Waals surface area contributed by atoms with Crippen molar-refractivity contribution in [1.82, 2.24) is 10.3 Å². The second kappa shape index (κ2) is 5.41. The van der Waals surface area contributed by atoms with Crippen LogP contribution in [-0.2, 0) is 4.79 Å². The predicted molar refractivity (Wildman–Crippen MR) is 76.5 cm³/mol. The Morgan fingerprint density at radius 2 is 1.90 bits per heavy atom. The first-order valence-electron chi connectivity index (χ1n) is 6.90. The Kier molecular flexibility index (Phi) is 3.46. The number of para-hydroxylation sites is 1. The quantitative estimate of drug-likeness (QED) is 0.910. The van der Waals surface area contributed by atoms with E-state index in [1.807, 2.05) is 24.3 Å². The van der Waals surface area contributed by atoms with Gasteiger partial charge in [-0.2, -0.15) is 0 Å². The summed E-state index contributed by atoms with van der Waals surface area (Å²) in [5.74, 6) is 0.216. The molecule has 1 N–H and O–H groups in total. The highest BCUT2D eigenvalue weighted by Gasteiger charge is 2.21. The van der Waals surface area contributed by atoms with E-state index >= 15 is 0 Å².